The van der Waals surface area contributed by atoms with Crippen molar-refractivity contribution in [3.63, 3.8) is 0 Å². The minimum Gasteiger partial charge on any atom is -0.480 e. The number of hydrogen-bond acceptors (Lipinski definition) is 18. The number of benzene rings is 2. The largest absolute Gasteiger partial charge is 0.480 e. The monoisotopic (exact) mass is 924 g/mol. The van der Waals surface area contributed by atoms with Gasteiger partial charge in [-0.3, -0.25) is 19.0 Å². The fraction of sp³-hybridized carbons (Fsp3) is 0.450. The number of aliphatic hydroxyl groups excluding tert-OH is 2. The molecule has 0 bridgehead atoms. The summed E-state index contributed by atoms with van der Waals surface area (Å²) in [6.45, 7) is 1.97. The Bertz CT molecular complexity index is 2460. The van der Waals surface area contributed by atoms with E-state index < -0.39 is 60.2 Å². The van der Waals surface area contributed by atoms with Crippen molar-refractivity contribution >= 4 is 46.5 Å². The normalized spacial score (nSPS) is 19.1. The summed E-state index contributed by atoms with van der Waals surface area (Å²) in [5.41, 5.74) is 4.76. The first-order valence-corrected chi connectivity index (χ1v) is 21.1. The van der Waals surface area contributed by atoms with Crippen molar-refractivity contribution in [1.82, 2.24) is 50.1 Å². The van der Waals surface area contributed by atoms with Crippen molar-refractivity contribution in [2.45, 2.75) is 82.6 Å². The number of aromatic nitrogens is 8. The van der Waals surface area contributed by atoms with Crippen molar-refractivity contribution in [3.8, 4) is 11.4 Å². The van der Waals surface area contributed by atoms with Gasteiger partial charge in [0.25, 0.3) is 5.91 Å². The number of carboxylic acids is 1. The van der Waals surface area contributed by atoms with E-state index in [-0.39, 0.29) is 44.6 Å². The summed E-state index contributed by atoms with van der Waals surface area (Å²) >= 11 is 1.35. The third-order valence-corrected chi connectivity index (χ3v) is 11.5. The van der Waals surface area contributed by atoms with E-state index in [1.807, 2.05) is 0 Å². The number of hydrogen-bond donors (Lipinski definition) is 6. The molecule has 0 saturated carbocycles. The lowest BCUT2D eigenvalue weighted by Gasteiger charge is -2.23. The maximum absolute atomic E-state index is 13.8. The van der Waals surface area contributed by atoms with Gasteiger partial charge in [-0.05, 0) is 49.6 Å². The number of amides is 2. The second-order valence-corrected chi connectivity index (χ2v) is 16.1. The van der Waals surface area contributed by atoms with Gasteiger partial charge >= 0.3 is 17.8 Å². The lowest BCUT2D eigenvalue weighted by Crippen LogP contribution is -2.40. The van der Waals surface area contributed by atoms with E-state index in [1.54, 1.807) is 31.2 Å². The number of halogens is 3. The number of carbonyl (C=O) groups excluding carboxylic acids is 2. The van der Waals surface area contributed by atoms with Crippen LogP contribution < -0.4 is 16.4 Å². The Hall–Kier alpha value is -6.28. The molecule has 2 aromatic carbocycles. The van der Waals surface area contributed by atoms with Gasteiger partial charge in [0.2, 0.25) is 11.7 Å². The number of carbonyl (C=O) groups is 3. The van der Waals surface area contributed by atoms with Crippen LogP contribution in [0.15, 0.2) is 71.4 Å². The van der Waals surface area contributed by atoms with Crippen molar-refractivity contribution in [3.05, 3.63) is 83.7 Å². The van der Waals surface area contributed by atoms with Crippen molar-refractivity contribution in [1.29, 1.82) is 0 Å². The van der Waals surface area contributed by atoms with E-state index in [0.29, 0.717) is 70.6 Å². The Labute approximate surface area is 373 Å². The number of aliphatic carboxylic acids is 1. The van der Waals surface area contributed by atoms with Gasteiger partial charge in [-0.2, -0.15) is 24.9 Å². The van der Waals surface area contributed by atoms with E-state index in [9.17, 15) is 37.8 Å². The highest BCUT2D eigenvalue weighted by atomic mass is 32.2. The number of nitrogens with one attached hydrogen (secondary N) is 2. The summed E-state index contributed by atoms with van der Waals surface area (Å²) in [5, 5.41) is 58.8. The Balaban J connectivity index is 0.00000700. The Morgan fingerprint density at radius 2 is 1.66 bits per heavy atom. The van der Waals surface area contributed by atoms with Crippen LogP contribution in [0.4, 0.5) is 19.0 Å². The predicted octanol–water partition coefficient (Wildman–Crippen LogP) is 3.00. The molecule has 346 valence electrons. The van der Waals surface area contributed by atoms with Gasteiger partial charge in [0.1, 0.15) is 31.1 Å². The van der Waals surface area contributed by atoms with Gasteiger partial charge < -0.3 is 41.3 Å². The van der Waals surface area contributed by atoms with Crippen LogP contribution in [0.5, 0.6) is 0 Å². The minimum atomic E-state index is -4.73. The first kappa shape index (κ1) is 48.2. The Morgan fingerprint density at radius 1 is 0.969 bits per heavy atom. The van der Waals surface area contributed by atoms with Crippen molar-refractivity contribution in [2.75, 3.05) is 36.5 Å². The summed E-state index contributed by atoms with van der Waals surface area (Å²) in [6, 6.07) is 10.7. The number of fused-ring (bicyclic) bond motifs is 1. The SMILES string of the molecule is C.Cc1nnc(-c2ccc(CN(CC(=O)NCCCCNc3ncnc4c3ncn4C3OC(CSCC[C@H](N)C(=O)O)C(O)C3O)C(=O)c3ccc(C4(C(F)(F)F)N=N4)cc3)cc2)nn1. The van der Waals surface area contributed by atoms with Gasteiger partial charge in [0.15, 0.2) is 29.0 Å². The third kappa shape index (κ3) is 11.2. The molecule has 1 saturated heterocycles. The number of thioether (sulfide) groups is 1. The second kappa shape index (κ2) is 20.7. The zero-order valence-corrected chi connectivity index (χ0v) is 34.9. The molecule has 7 rings (SSSR count). The van der Waals surface area contributed by atoms with Crippen LogP contribution in [0, 0.1) is 6.92 Å². The van der Waals surface area contributed by atoms with Gasteiger partial charge in [-0.25, -0.2) is 15.0 Å². The molecule has 21 nitrogen and oxygen atoms in total. The molecular formula is C40H47F3N14O7S. The second-order valence-electron chi connectivity index (χ2n) is 15.0. The molecule has 4 unspecified atom stereocenters. The summed E-state index contributed by atoms with van der Waals surface area (Å²) in [4.78, 5) is 52.3. The molecule has 2 aliphatic heterocycles. The summed E-state index contributed by atoms with van der Waals surface area (Å²) in [7, 11) is 0. The van der Waals surface area contributed by atoms with E-state index in [4.69, 9.17) is 15.6 Å². The number of aryl methyl sites for hydroxylation is 1. The third-order valence-electron chi connectivity index (χ3n) is 10.4. The lowest BCUT2D eigenvalue weighted by atomic mass is 10.0. The molecule has 3 aromatic heterocycles. The van der Waals surface area contributed by atoms with E-state index in [2.05, 4.69) is 56.2 Å². The van der Waals surface area contributed by atoms with Crippen LogP contribution in [-0.2, 0) is 26.5 Å². The molecule has 0 aliphatic carbocycles. The molecule has 5 atom stereocenters. The highest BCUT2D eigenvalue weighted by molar-refractivity contribution is 7.99. The molecule has 25 heteroatoms. The Morgan fingerprint density at radius 3 is 2.32 bits per heavy atom. The molecule has 5 heterocycles. The number of nitrogens with two attached hydrogens (primary N) is 1. The van der Waals surface area contributed by atoms with Gasteiger partial charge in [0.05, 0.1) is 12.4 Å². The van der Waals surface area contributed by atoms with Crippen LogP contribution in [0.1, 0.15) is 60.2 Å². The zero-order valence-electron chi connectivity index (χ0n) is 34.0. The molecule has 65 heavy (non-hydrogen) atoms. The quantitative estimate of drug-likeness (QED) is 0.0612. The van der Waals surface area contributed by atoms with Crippen LogP contribution in [-0.4, -0.2) is 140 Å². The summed E-state index contributed by atoms with van der Waals surface area (Å²) in [5.74, 6) is -0.312. The van der Waals surface area contributed by atoms with Crippen LogP contribution in [0.2, 0.25) is 0 Å². The Kier molecular flexibility index (Phi) is 15.3. The standard InChI is InChI=1S/C39H43F3N14O7S.CH4/c1-21-49-51-32(52-50-21)23-6-4-22(5-7-23)16-55(35(60)24-8-10-25(11-9-24)38(53-54-38)39(40,41)42)17-28(57)44-13-2-3-14-45-33-29-34(47-19-46-33)56(20-48-29)36-31(59)30(58)27(63-36)18-64-15-12-26(43)37(61)62;/h4-11,19-20,26-27,30-31,36,58-59H,2-3,12-18,43H2,1H3,(H,44,57)(H,61,62)(H,45,46,47);1H4/t26-,27?,30?,31?,36?;/m0./s1. The number of aliphatic hydroxyl groups is 2. The topological polar surface area (TPSA) is 294 Å². The van der Waals surface area contributed by atoms with Gasteiger partial charge in [-0.15, -0.1) is 30.6 Å². The molecule has 7 N–H and O–H groups in total. The fourth-order valence-corrected chi connectivity index (χ4v) is 7.85. The van der Waals surface area contributed by atoms with Crippen molar-refractivity contribution < 1.29 is 47.6 Å². The molecule has 2 aliphatic rings. The average molecular weight is 925 g/mol. The van der Waals surface area contributed by atoms with E-state index in [1.165, 1.54) is 46.0 Å². The molecule has 0 radical (unpaired) electrons. The van der Waals surface area contributed by atoms with E-state index in [0.717, 1.165) is 12.1 Å². The van der Waals surface area contributed by atoms with Crippen LogP contribution in [0.3, 0.4) is 0 Å². The number of ether oxygens (including phenoxy) is 1. The van der Waals surface area contributed by atoms with Crippen molar-refractivity contribution in [2.24, 2.45) is 16.0 Å². The number of alkyl halides is 3. The fourth-order valence-electron chi connectivity index (χ4n) is 6.76. The highest BCUT2D eigenvalue weighted by Crippen LogP contribution is 2.52. The highest BCUT2D eigenvalue weighted by Gasteiger charge is 2.65. The molecule has 1 fully saturated rings. The predicted molar refractivity (Wildman–Crippen MR) is 228 cm³/mol. The average Bonchev–Trinajstić information content (AvgIpc) is 3.94. The maximum atomic E-state index is 13.8. The zero-order chi connectivity index (χ0) is 45.6. The number of unbranched alkanes of at least 4 members (excludes halogenated alkanes) is 1. The van der Waals surface area contributed by atoms with Crippen LogP contribution in [0.25, 0.3) is 22.6 Å². The first-order valence-electron chi connectivity index (χ1n) is 19.9. The van der Waals surface area contributed by atoms with E-state index >= 15 is 0 Å². The maximum Gasteiger partial charge on any atom is 0.442 e. The van der Waals surface area contributed by atoms with Crippen LogP contribution >= 0.6 is 11.8 Å². The number of rotatable bonds is 20. The molecule has 5 aromatic rings. The molecule has 0 spiro atoms. The first-order chi connectivity index (χ1) is 30.6. The number of anilines is 1. The minimum absolute atomic E-state index is 0. The van der Waals surface area contributed by atoms with Gasteiger partial charge in [0, 0.05) is 42.1 Å². The number of nitrogens with zero attached hydrogens (tertiary/aromatic N) is 11. The smallest absolute Gasteiger partial charge is 0.442 e. The molecular weight excluding hydrogens is 878 g/mol. The summed E-state index contributed by atoms with van der Waals surface area (Å²) in [6.07, 6.45) is -4.87. The summed E-state index contributed by atoms with van der Waals surface area (Å²) < 4.78 is 48.3. The lowest BCUT2D eigenvalue weighted by molar-refractivity contribution is -0.166. The number of carboxylic acid groups (broad SMARTS) is 1. The molecule has 2 amide bonds. The number of imidazole rings is 1. The van der Waals surface area contributed by atoms with Gasteiger partial charge in [-0.1, -0.05) is 43.8 Å².